The lowest BCUT2D eigenvalue weighted by Crippen LogP contribution is -2.30. The Morgan fingerprint density at radius 3 is 2.54 bits per heavy atom. The number of hydrogen-bond donors (Lipinski definition) is 0. The smallest absolute Gasteiger partial charge is 0.414 e. The van der Waals surface area contributed by atoms with E-state index in [2.05, 4.69) is 4.98 Å². The molecular formula is C20H18FN3O4. The van der Waals surface area contributed by atoms with Crippen LogP contribution in [0, 0.1) is 15.9 Å². The van der Waals surface area contributed by atoms with Gasteiger partial charge in [-0.25, -0.2) is 4.39 Å². The predicted octanol–water partition coefficient (Wildman–Crippen LogP) is 3.97. The van der Waals surface area contributed by atoms with E-state index in [0.29, 0.717) is 26.2 Å². The molecule has 0 N–H and O–H groups in total. The molecule has 0 fully saturated rings. The summed E-state index contributed by atoms with van der Waals surface area (Å²) in [4.78, 5) is 14.1. The van der Waals surface area contributed by atoms with Crippen molar-refractivity contribution in [3.8, 4) is 17.1 Å². The summed E-state index contributed by atoms with van der Waals surface area (Å²) in [7, 11) is 0. The van der Waals surface area contributed by atoms with Crippen molar-refractivity contribution in [2.24, 2.45) is 0 Å². The molecule has 2 aromatic carbocycles. The largest absolute Gasteiger partial charge is 0.440 e. The van der Waals surface area contributed by atoms with Gasteiger partial charge in [-0.2, -0.15) is 0 Å². The number of nitro groups is 1. The number of nitrogens with zero attached hydrogens (tertiary/aromatic N) is 3. The van der Waals surface area contributed by atoms with Gasteiger partial charge in [0.05, 0.1) is 13.2 Å². The van der Waals surface area contributed by atoms with Crippen LogP contribution in [0.3, 0.4) is 0 Å². The molecular weight excluding hydrogens is 365 g/mol. The zero-order valence-corrected chi connectivity index (χ0v) is 15.0. The topological polar surface area (TPSA) is 79.4 Å². The average Bonchev–Trinajstić information content (AvgIpc) is 3.13. The van der Waals surface area contributed by atoms with Crippen molar-refractivity contribution in [1.82, 2.24) is 9.55 Å². The van der Waals surface area contributed by atoms with Gasteiger partial charge in [0.15, 0.2) is 0 Å². The molecule has 8 heteroatoms. The van der Waals surface area contributed by atoms with Crippen molar-refractivity contribution in [2.75, 3.05) is 6.61 Å². The first-order valence-corrected chi connectivity index (χ1v) is 8.89. The Kier molecular flexibility index (Phi) is 5.03. The first-order valence-electron chi connectivity index (χ1n) is 8.89. The Morgan fingerprint density at radius 2 is 1.86 bits per heavy atom. The molecule has 1 unspecified atom stereocenters. The van der Waals surface area contributed by atoms with Gasteiger partial charge in [-0.1, -0.05) is 36.4 Å². The molecule has 144 valence electrons. The van der Waals surface area contributed by atoms with Crippen molar-refractivity contribution in [3.05, 3.63) is 76.2 Å². The number of rotatable bonds is 6. The minimum absolute atomic E-state index is 0.187. The minimum atomic E-state index is -0.532. The Morgan fingerprint density at radius 1 is 1.18 bits per heavy atom. The molecule has 1 aliphatic rings. The van der Waals surface area contributed by atoms with Crippen molar-refractivity contribution in [3.63, 3.8) is 0 Å². The predicted molar refractivity (Wildman–Crippen MR) is 99.4 cm³/mol. The lowest BCUT2D eigenvalue weighted by molar-refractivity contribution is -0.389. The van der Waals surface area contributed by atoms with E-state index in [9.17, 15) is 14.5 Å². The van der Waals surface area contributed by atoms with Gasteiger partial charge in [0.1, 0.15) is 18.1 Å². The van der Waals surface area contributed by atoms with Crippen LogP contribution < -0.4 is 4.74 Å². The molecule has 1 atom stereocenters. The second kappa shape index (κ2) is 7.77. The Balaban J connectivity index is 1.29. The van der Waals surface area contributed by atoms with Crippen LogP contribution in [-0.4, -0.2) is 27.2 Å². The highest BCUT2D eigenvalue weighted by Crippen LogP contribution is 2.24. The summed E-state index contributed by atoms with van der Waals surface area (Å²) in [5.74, 6) is -0.464. The van der Waals surface area contributed by atoms with E-state index in [-0.39, 0.29) is 23.7 Å². The summed E-state index contributed by atoms with van der Waals surface area (Å²) in [6, 6.07) is 14.5. The maximum absolute atomic E-state index is 13.0. The number of aromatic nitrogens is 2. The third kappa shape index (κ3) is 4.01. The lowest BCUT2D eigenvalue weighted by atomic mass is 10.0. The first-order chi connectivity index (χ1) is 13.6. The Hall–Kier alpha value is -3.26. The van der Waals surface area contributed by atoms with E-state index in [0.717, 1.165) is 16.7 Å². The zero-order valence-electron chi connectivity index (χ0n) is 15.0. The van der Waals surface area contributed by atoms with Crippen LogP contribution in [-0.2, 0) is 17.9 Å². The molecule has 0 saturated heterocycles. The van der Waals surface area contributed by atoms with Crippen LogP contribution in [0.15, 0.2) is 54.7 Å². The van der Waals surface area contributed by atoms with E-state index in [1.807, 2.05) is 24.3 Å². The zero-order chi connectivity index (χ0) is 19.5. The van der Waals surface area contributed by atoms with E-state index in [4.69, 9.17) is 9.47 Å². The molecule has 1 aliphatic heterocycles. The van der Waals surface area contributed by atoms with Gasteiger partial charge in [-0.05, 0) is 33.7 Å². The first kappa shape index (κ1) is 18.1. The molecule has 4 rings (SSSR count). The number of ether oxygens (including phenoxy) is 2. The molecule has 0 spiro atoms. The number of halogens is 1. The normalized spacial score (nSPS) is 15.7. The molecule has 1 aromatic heterocycles. The van der Waals surface area contributed by atoms with Crippen molar-refractivity contribution >= 4 is 5.82 Å². The number of fused-ring (bicyclic) bond motifs is 1. The molecule has 0 saturated carbocycles. The summed E-state index contributed by atoms with van der Waals surface area (Å²) < 4.78 is 26.1. The van der Waals surface area contributed by atoms with Gasteiger partial charge in [0, 0.05) is 17.9 Å². The molecule has 3 aromatic rings. The highest BCUT2D eigenvalue weighted by atomic mass is 19.1. The van der Waals surface area contributed by atoms with Crippen LogP contribution in [0.25, 0.3) is 11.1 Å². The molecule has 0 amide bonds. The van der Waals surface area contributed by atoms with E-state index < -0.39 is 4.92 Å². The number of benzene rings is 2. The summed E-state index contributed by atoms with van der Waals surface area (Å²) >= 11 is 0. The van der Waals surface area contributed by atoms with Crippen LogP contribution in [0.2, 0.25) is 0 Å². The van der Waals surface area contributed by atoms with Gasteiger partial charge in [0.2, 0.25) is 0 Å². The van der Waals surface area contributed by atoms with Crippen LogP contribution in [0.1, 0.15) is 12.0 Å². The third-order valence-electron chi connectivity index (χ3n) is 4.58. The minimum Gasteiger partial charge on any atom is -0.440 e. The van der Waals surface area contributed by atoms with Crippen LogP contribution >= 0.6 is 0 Å². The molecule has 0 radical (unpaired) electrons. The highest BCUT2D eigenvalue weighted by molar-refractivity contribution is 5.63. The second-order valence-corrected chi connectivity index (χ2v) is 6.58. The Labute approximate surface area is 160 Å². The second-order valence-electron chi connectivity index (χ2n) is 6.58. The van der Waals surface area contributed by atoms with E-state index in [1.54, 1.807) is 16.7 Å². The van der Waals surface area contributed by atoms with Crippen molar-refractivity contribution in [1.29, 1.82) is 0 Å². The van der Waals surface area contributed by atoms with Crippen molar-refractivity contribution in [2.45, 2.75) is 25.7 Å². The number of hydrogen-bond acceptors (Lipinski definition) is 5. The maximum atomic E-state index is 13.0. The molecule has 7 nitrogen and oxygen atoms in total. The van der Waals surface area contributed by atoms with Crippen molar-refractivity contribution < 1.29 is 18.8 Å². The molecule has 2 heterocycles. The van der Waals surface area contributed by atoms with E-state index in [1.165, 1.54) is 18.3 Å². The molecule has 0 aliphatic carbocycles. The fourth-order valence-electron chi connectivity index (χ4n) is 3.08. The fourth-order valence-corrected chi connectivity index (χ4v) is 3.08. The summed E-state index contributed by atoms with van der Waals surface area (Å²) in [6.45, 7) is 1.41. The lowest BCUT2D eigenvalue weighted by Gasteiger charge is -2.21. The van der Waals surface area contributed by atoms with Crippen LogP contribution in [0.4, 0.5) is 10.2 Å². The van der Waals surface area contributed by atoms with Gasteiger partial charge in [-0.3, -0.25) is 4.57 Å². The standard InChI is InChI=1S/C20H18FN3O4/c21-17-7-5-16(6-8-17)15-3-1-14(2-4-15)12-27-13-18-9-10-23-11-19(24(25)26)22-20(23)28-18/h1-8,11,18H,9-10,12-13H2. The molecule has 28 heavy (non-hydrogen) atoms. The maximum Gasteiger partial charge on any atom is 0.414 e. The average molecular weight is 383 g/mol. The quantitative estimate of drug-likeness (QED) is 0.475. The summed E-state index contributed by atoms with van der Waals surface area (Å²) in [5.41, 5.74) is 2.97. The Bertz CT molecular complexity index is 970. The molecule has 0 bridgehead atoms. The summed E-state index contributed by atoms with van der Waals surface area (Å²) in [6.07, 6.45) is 1.90. The van der Waals surface area contributed by atoms with Gasteiger partial charge in [0.25, 0.3) is 0 Å². The van der Waals surface area contributed by atoms with Crippen LogP contribution in [0.5, 0.6) is 6.01 Å². The SMILES string of the molecule is O=[N+]([O-])c1cn2c(n1)OC(COCc1ccc(-c3ccc(F)cc3)cc1)CC2. The van der Waals surface area contributed by atoms with E-state index >= 15 is 0 Å². The van der Waals surface area contributed by atoms with Gasteiger partial charge >= 0.3 is 11.8 Å². The summed E-state index contributed by atoms with van der Waals surface area (Å²) in [5, 5.41) is 10.8. The monoisotopic (exact) mass is 383 g/mol. The van der Waals surface area contributed by atoms with Gasteiger partial charge < -0.3 is 19.6 Å². The highest BCUT2D eigenvalue weighted by Gasteiger charge is 2.28. The number of aryl methyl sites for hydroxylation is 1. The van der Waals surface area contributed by atoms with Gasteiger partial charge in [-0.15, -0.1) is 0 Å². The fraction of sp³-hybridized carbons (Fsp3) is 0.250. The third-order valence-corrected chi connectivity index (χ3v) is 4.58. The number of imidazole rings is 1.